The van der Waals surface area contributed by atoms with Gasteiger partial charge in [0, 0.05) is 11.8 Å². The number of Topliss-reactive ketones (excluding diaryl/α,β-unsaturated/α-hetero) is 1. The van der Waals surface area contributed by atoms with E-state index in [1.54, 1.807) is 0 Å². The highest BCUT2D eigenvalue weighted by Gasteiger charge is 2.76. The molecule has 5 rings (SSSR count). The lowest BCUT2D eigenvalue weighted by Gasteiger charge is -2.50. The first kappa shape index (κ1) is 12.3. The van der Waals surface area contributed by atoms with Crippen LogP contribution in [0.5, 0.6) is 5.75 Å². The van der Waals surface area contributed by atoms with Gasteiger partial charge >= 0.3 is 0 Å². The van der Waals surface area contributed by atoms with Crippen LogP contribution in [0.25, 0.3) is 0 Å². The van der Waals surface area contributed by atoms with Crippen LogP contribution >= 0.6 is 0 Å². The zero-order valence-electron chi connectivity index (χ0n) is 12.6. The third-order valence-electron chi connectivity index (χ3n) is 7.58. The molecule has 1 spiro atoms. The largest absolute Gasteiger partial charge is 0.508 e. The zero-order chi connectivity index (χ0) is 14.4. The van der Waals surface area contributed by atoms with Gasteiger partial charge in [-0.3, -0.25) is 4.79 Å². The molecule has 110 valence electrons. The molecule has 0 aromatic heterocycles. The summed E-state index contributed by atoms with van der Waals surface area (Å²) in [6, 6.07) is 5.95. The molecule has 0 heterocycles. The Kier molecular flexibility index (Phi) is 2.06. The number of aromatic hydroxyl groups is 1. The van der Waals surface area contributed by atoms with Crippen molar-refractivity contribution < 1.29 is 9.90 Å². The van der Waals surface area contributed by atoms with Crippen molar-refractivity contribution in [3.8, 4) is 5.75 Å². The van der Waals surface area contributed by atoms with E-state index < -0.39 is 0 Å². The van der Waals surface area contributed by atoms with E-state index in [1.165, 1.54) is 24.0 Å². The maximum absolute atomic E-state index is 12.5. The van der Waals surface area contributed by atoms with Gasteiger partial charge in [0.25, 0.3) is 0 Å². The molecule has 5 atom stereocenters. The topological polar surface area (TPSA) is 37.3 Å². The van der Waals surface area contributed by atoms with Gasteiger partial charge in [-0.1, -0.05) is 13.0 Å². The van der Waals surface area contributed by atoms with E-state index in [2.05, 4.69) is 13.0 Å². The predicted molar refractivity (Wildman–Crippen MR) is 80.2 cm³/mol. The first-order chi connectivity index (χ1) is 10.1. The first-order valence-corrected chi connectivity index (χ1v) is 8.41. The fourth-order valence-electron chi connectivity index (χ4n) is 6.54. The summed E-state index contributed by atoms with van der Waals surface area (Å²) in [5.41, 5.74) is 3.12. The molecule has 1 aromatic rings. The minimum atomic E-state index is -0.0206. The van der Waals surface area contributed by atoms with Gasteiger partial charge in [-0.25, -0.2) is 0 Å². The van der Waals surface area contributed by atoms with Gasteiger partial charge in [0.2, 0.25) is 0 Å². The lowest BCUT2D eigenvalue weighted by atomic mass is 9.52. The first-order valence-electron chi connectivity index (χ1n) is 8.41. The van der Waals surface area contributed by atoms with Crippen molar-refractivity contribution in [2.45, 2.75) is 51.4 Å². The van der Waals surface area contributed by atoms with Crippen LogP contribution < -0.4 is 0 Å². The van der Waals surface area contributed by atoms with E-state index >= 15 is 0 Å². The van der Waals surface area contributed by atoms with Crippen LogP contribution in [0.1, 0.15) is 56.1 Å². The monoisotopic (exact) mass is 282 g/mol. The van der Waals surface area contributed by atoms with Crippen molar-refractivity contribution in [2.24, 2.45) is 22.7 Å². The van der Waals surface area contributed by atoms with Crippen LogP contribution in [-0.4, -0.2) is 10.9 Å². The van der Waals surface area contributed by atoms with Crippen molar-refractivity contribution in [3.63, 3.8) is 0 Å². The number of phenolic OH excluding ortho intramolecular Hbond substituents is 1. The number of aryl methyl sites for hydroxylation is 1. The SMILES string of the molecule is C[C@]12CC[C@@H]3c4ccc(O)cc4CC[C@H]3[C@@]13C[C@H]3CC2=O. The average Bonchev–Trinajstić information content (AvgIpc) is 3.12. The lowest BCUT2D eigenvalue weighted by Crippen LogP contribution is -2.46. The third kappa shape index (κ3) is 1.24. The Morgan fingerprint density at radius 3 is 3.00 bits per heavy atom. The summed E-state index contributed by atoms with van der Waals surface area (Å²) in [6.45, 7) is 2.27. The molecule has 0 amide bonds. The van der Waals surface area contributed by atoms with Crippen LogP contribution in [0.2, 0.25) is 0 Å². The molecule has 0 aliphatic heterocycles. The van der Waals surface area contributed by atoms with Gasteiger partial charge in [-0.15, -0.1) is 0 Å². The van der Waals surface area contributed by atoms with Crippen molar-refractivity contribution in [3.05, 3.63) is 29.3 Å². The molecule has 4 aliphatic rings. The number of carbonyl (C=O) groups is 1. The highest BCUT2D eigenvalue weighted by atomic mass is 16.3. The minimum Gasteiger partial charge on any atom is -0.508 e. The van der Waals surface area contributed by atoms with E-state index in [1.807, 2.05) is 12.1 Å². The molecule has 4 aliphatic carbocycles. The number of ketones is 1. The molecule has 2 heteroatoms. The van der Waals surface area contributed by atoms with E-state index in [4.69, 9.17) is 0 Å². The summed E-state index contributed by atoms with van der Waals surface area (Å²) < 4.78 is 0. The number of phenols is 1. The van der Waals surface area contributed by atoms with Crippen molar-refractivity contribution >= 4 is 5.78 Å². The second-order valence-electron chi connectivity index (χ2n) is 8.07. The fourth-order valence-corrected chi connectivity index (χ4v) is 6.54. The Balaban J connectivity index is 1.61. The van der Waals surface area contributed by atoms with Crippen molar-refractivity contribution in [1.82, 2.24) is 0 Å². The molecule has 3 fully saturated rings. The molecule has 1 aromatic carbocycles. The molecule has 0 unspecified atom stereocenters. The maximum Gasteiger partial charge on any atom is 0.139 e. The summed E-state index contributed by atoms with van der Waals surface area (Å²) in [5.74, 6) is 2.95. The summed E-state index contributed by atoms with van der Waals surface area (Å²) >= 11 is 0. The van der Waals surface area contributed by atoms with Gasteiger partial charge < -0.3 is 5.11 Å². The third-order valence-corrected chi connectivity index (χ3v) is 7.58. The molecule has 1 N–H and O–H groups in total. The normalized spacial score (nSPS) is 46.3. The fraction of sp³-hybridized carbons (Fsp3) is 0.632. The Hall–Kier alpha value is -1.31. The summed E-state index contributed by atoms with van der Waals surface area (Å²) in [5, 5.41) is 9.72. The molecule has 3 saturated carbocycles. The molecular weight excluding hydrogens is 260 g/mol. The molecule has 0 radical (unpaired) electrons. The van der Waals surface area contributed by atoms with Crippen LogP contribution in [0, 0.1) is 22.7 Å². The number of hydrogen-bond donors (Lipinski definition) is 1. The molecular formula is C19H22O2. The summed E-state index contributed by atoms with van der Waals surface area (Å²) in [4.78, 5) is 12.5. The van der Waals surface area contributed by atoms with Crippen LogP contribution in [-0.2, 0) is 11.2 Å². The Bertz CT molecular complexity index is 664. The van der Waals surface area contributed by atoms with E-state index in [9.17, 15) is 9.90 Å². The predicted octanol–water partition coefficient (Wildman–Crippen LogP) is 3.82. The number of fused-ring (bicyclic) bond motifs is 3. The molecule has 0 bridgehead atoms. The van der Waals surface area contributed by atoms with Gasteiger partial charge in [0.15, 0.2) is 0 Å². The second kappa shape index (κ2) is 3.53. The molecule has 21 heavy (non-hydrogen) atoms. The zero-order valence-corrected chi connectivity index (χ0v) is 12.6. The lowest BCUT2D eigenvalue weighted by molar-refractivity contribution is -0.132. The van der Waals surface area contributed by atoms with Gasteiger partial charge in [-0.2, -0.15) is 0 Å². The Morgan fingerprint density at radius 2 is 2.14 bits per heavy atom. The highest BCUT2D eigenvalue weighted by Crippen LogP contribution is 2.80. The van der Waals surface area contributed by atoms with Gasteiger partial charge in [-0.05, 0) is 78.5 Å². The number of carbonyl (C=O) groups excluding carboxylic acids is 1. The van der Waals surface area contributed by atoms with Crippen molar-refractivity contribution in [1.29, 1.82) is 0 Å². The van der Waals surface area contributed by atoms with E-state index in [-0.39, 0.29) is 5.41 Å². The standard InChI is InChI=1S/C19H22O2/c1-18-7-6-15-14-4-3-13(20)8-11(14)2-5-16(15)19(18)10-12(19)9-17(18)21/h3-4,8,12,15-16,20H,2,5-7,9-10H2,1H3/t12-,15-,16-,18-,19+/m1/s1. The molecule has 0 saturated heterocycles. The average molecular weight is 282 g/mol. The second-order valence-corrected chi connectivity index (χ2v) is 8.07. The van der Waals surface area contributed by atoms with Crippen LogP contribution in [0.15, 0.2) is 18.2 Å². The number of benzene rings is 1. The van der Waals surface area contributed by atoms with Crippen LogP contribution in [0.4, 0.5) is 0 Å². The summed E-state index contributed by atoms with van der Waals surface area (Å²) in [6.07, 6.45) is 6.65. The van der Waals surface area contributed by atoms with Crippen LogP contribution in [0.3, 0.4) is 0 Å². The van der Waals surface area contributed by atoms with Gasteiger partial charge in [0.1, 0.15) is 11.5 Å². The van der Waals surface area contributed by atoms with Gasteiger partial charge in [0.05, 0.1) is 0 Å². The van der Waals surface area contributed by atoms with E-state index in [0.717, 1.165) is 25.7 Å². The quantitative estimate of drug-likeness (QED) is 0.785. The maximum atomic E-state index is 12.5. The Morgan fingerprint density at radius 1 is 1.29 bits per heavy atom. The molecule has 2 nitrogen and oxygen atoms in total. The van der Waals surface area contributed by atoms with E-state index in [0.29, 0.717) is 34.7 Å². The summed E-state index contributed by atoms with van der Waals surface area (Å²) in [7, 11) is 0. The minimum absolute atomic E-state index is 0.0206. The smallest absolute Gasteiger partial charge is 0.139 e. The number of hydrogen-bond acceptors (Lipinski definition) is 2. The Labute approximate surface area is 125 Å². The number of rotatable bonds is 0. The van der Waals surface area contributed by atoms with Crippen molar-refractivity contribution in [2.75, 3.05) is 0 Å². The highest BCUT2D eigenvalue weighted by molar-refractivity contribution is 5.90.